The van der Waals surface area contributed by atoms with E-state index >= 15 is 0 Å². The minimum atomic E-state index is -3.62. The molecule has 4 rings (SSSR count). The Morgan fingerprint density at radius 3 is 2.54 bits per heavy atom. The van der Waals surface area contributed by atoms with Crippen LogP contribution in [0.4, 0.5) is 0 Å². The fraction of sp³-hybridized carbons (Fsp3) is 0.143. The molecule has 0 aliphatic rings. The van der Waals surface area contributed by atoms with Crippen LogP contribution in [0.2, 0.25) is 0 Å². The van der Waals surface area contributed by atoms with Gasteiger partial charge in [-0.05, 0) is 55.1 Å². The van der Waals surface area contributed by atoms with Crippen LogP contribution in [-0.4, -0.2) is 19.9 Å². The van der Waals surface area contributed by atoms with E-state index < -0.39 is 9.84 Å². The van der Waals surface area contributed by atoms with Crippen molar-refractivity contribution >= 4 is 31.5 Å². The van der Waals surface area contributed by atoms with E-state index in [1.54, 1.807) is 24.3 Å². The van der Waals surface area contributed by atoms with Crippen LogP contribution in [0.3, 0.4) is 0 Å². The third-order valence-electron chi connectivity index (χ3n) is 4.83. The maximum atomic E-state index is 13.3. The molecule has 0 atom stereocenters. The van der Waals surface area contributed by atoms with Crippen molar-refractivity contribution in [2.24, 2.45) is 5.73 Å². The number of nitrogens with two attached hydrogens (primary N) is 1. The predicted molar refractivity (Wildman–Crippen MR) is 105 cm³/mol. The Kier molecular flexibility index (Phi) is 4.05. The van der Waals surface area contributed by atoms with Crippen molar-refractivity contribution in [1.29, 1.82) is 0 Å². The number of nitrogens with one attached hydrogen (secondary N) is 1. The molecule has 0 radical (unpaired) electrons. The number of aryl methyl sites for hydroxylation is 1. The zero-order valence-corrected chi connectivity index (χ0v) is 15.3. The van der Waals surface area contributed by atoms with Gasteiger partial charge in [0.2, 0.25) is 9.84 Å². The fourth-order valence-electron chi connectivity index (χ4n) is 3.55. The molecule has 0 unspecified atom stereocenters. The number of rotatable bonds is 4. The summed E-state index contributed by atoms with van der Waals surface area (Å²) in [7, 11) is -3.62. The first-order chi connectivity index (χ1) is 12.5. The van der Waals surface area contributed by atoms with E-state index in [0.717, 1.165) is 32.9 Å². The SMILES string of the molecule is Cc1[nH]c2ccc(S(=O)(=O)c3cccc4ccccc34)cc2c1CCN. The van der Waals surface area contributed by atoms with Crippen LogP contribution in [0.15, 0.2) is 70.5 Å². The zero-order valence-electron chi connectivity index (χ0n) is 14.5. The first-order valence-electron chi connectivity index (χ1n) is 8.56. The van der Waals surface area contributed by atoms with Gasteiger partial charge in [-0.3, -0.25) is 0 Å². The Labute approximate surface area is 152 Å². The van der Waals surface area contributed by atoms with Crippen LogP contribution in [0.5, 0.6) is 0 Å². The summed E-state index contributed by atoms with van der Waals surface area (Å²) in [4.78, 5) is 3.95. The number of fused-ring (bicyclic) bond motifs is 2. The lowest BCUT2D eigenvalue weighted by molar-refractivity contribution is 0.597. The normalized spacial score (nSPS) is 12.1. The second-order valence-electron chi connectivity index (χ2n) is 6.46. The van der Waals surface area contributed by atoms with Crippen LogP contribution in [0.25, 0.3) is 21.7 Å². The van der Waals surface area contributed by atoms with Gasteiger partial charge >= 0.3 is 0 Å². The van der Waals surface area contributed by atoms with Crippen molar-refractivity contribution in [2.45, 2.75) is 23.1 Å². The number of H-pyrrole nitrogens is 1. The molecule has 0 saturated heterocycles. The molecule has 0 amide bonds. The van der Waals surface area contributed by atoms with E-state index in [-0.39, 0.29) is 0 Å². The second kappa shape index (κ2) is 6.27. The second-order valence-corrected chi connectivity index (χ2v) is 8.37. The van der Waals surface area contributed by atoms with Crippen LogP contribution >= 0.6 is 0 Å². The summed E-state index contributed by atoms with van der Waals surface area (Å²) in [5, 5.41) is 2.58. The van der Waals surface area contributed by atoms with E-state index in [4.69, 9.17) is 5.73 Å². The van der Waals surface area contributed by atoms with Gasteiger partial charge in [-0.25, -0.2) is 8.42 Å². The van der Waals surface area contributed by atoms with Gasteiger partial charge in [0.25, 0.3) is 0 Å². The number of sulfone groups is 1. The molecule has 0 saturated carbocycles. The van der Waals surface area contributed by atoms with E-state index in [2.05, 4.69) is 4.98 Å². The van der Waals surface area contributed by atoms with Crippen LogP contribution in [-0.2, 0) is 16.3 Å². The first-order valence-corrected chi connectivity index (χ1v) is 10.0. The Bertz CT molecular complexity index is 1220. The molecule has 0 bridgehead atoms. The molecule has 0 spiro atoms. The summed E-state index contributed by atoms with van der Waals surface area (Å²) < 4.78 is 26.7. The predicted octanol–water partition coefficient (Wildman–Crippen LogP) is 3.96. The van der Waals surface area contributed by atoms with Gasteiger partial charge < -0.3 is 10.7 Å². The standard InChI is InChI=1S/C21H20N2O2S/c1-14-17(11-12-22)19-13-16(9-10-20(19)23-14)26(24,25)21-8-4-6-15-5-2-3-7-18(15)21/h2-10,13,23H,11-12,22H2,1H3. The smallest absolute Gasteiger partial charge is 0.207 e. The molecule has 5 heteroatoms. The van der Waals surface area contributed by atoms with Crippen molar-refractivity contribution in [1.82, 2.24) is 4.98 Å². The van der Waals surface area contributed by atoms with E-state index in [1.807, 2.05) is 43.3 Å². The fourth-order valence-corrected chi connectivity index (χ4v) is 5.06. The van der Waals surface area contributed by atoms with Crippen molar-refractivity contribution < 1.29 is 8.42 Å². The van der Waals surface area contributed by atoms with Crippen molar-refractivity contribution in [2.75, 3.05) is 6.54 Å². The Morgan fingerprint density at radius 2 is 1.73 bits per heavy atom. The molecular weight excluding hydrogens is 344 g/mol. The van der Waals surface area contributed by atoms with E-state index in [9.17, 15) is 8.42 Å². The average molecular weight is 364 g/mol. The minimum absolute atomic E-state index is 0.304. The Hall–Kier alpha value is -2.63. The molecular formula is C21H20N2O2S. The summed E-state index contributed by atoms with van der Waals surface area (Å²) in [6, 6.07) is 18.2. The monoisotopic (exact) mass is 364 g/mol. The van der Waals surface area contributed by atoms with Gasteiger partial charge in [-0.2, -0.15) is 0 Å². The number of hydrogen-bond donors (Lipinski definition) is 2. The van der Waals surface area contributed by atoms with Crippen molar-refractivity contribution in [3.05, 3.63) is 71.9 Å². The third kappa shape index (κ3) is 2.60. The maximum absolute atomic E-state index is 13.3. The first kappa shape index (κ1) is 16.8. The molecule has 26 heavy (non-hydrogen) atoms. The average Bonchev–Trinajstić information content (AvgIpc) is 2.96. The molecule has 3 N–H and O–H groups in total. The summed E-state index contributed by atoms with van der Waals surface area (Å²) in [5.41, 5.74) is 8.77. The lowest BCUT2D eigenvalue weighted by atomic mass is 10.1. The maximum Gasteiger partial charge on any atom is 0.207 e. The van der Waals surface area contributed by atoms with Crippen LogP contribution < -0.4 is 5.73 Å². The lowest BCUT2D eigenvalue weighted by Crippen LogP contribution is -2.04. The van der Waals surface area contributed by atoms with E-state index in [1.165, 1.54) is 0 Å². The van der Waals surface area contributed by atoms with Gasteiger partial charge in [-0.1, -0.05) is 36.4 Å². The van der Waals surface area contributed by atoms with Crippen LogP contribution in [0, 0.1) is 6.92 Å². The largest absolute Gasteiger partial charge is 0.358 e. The summed E-state index contributed by atoms with van der Waals surface area (Å²) in [5.74, 6) is 0. The zero-order chi connectivity index (χ0) is 18.3. The third-order valence-corrected chi connectivity index (χ3v) is 6.64. The Balaban J connectivity index is 1.94. The van der Waals surface area contributed by atoms with Gasteiger partial charge in [0.15, 0.2) is 0 Å². The molecule has 3 aromatic carbocycles. The molecule has 0 aliphatic carbocycles. The lowest BCUT2D eigenvalue weighted by Gasteiger charge is -2.09. The highest BCUT2D eigenvalue weighted by atomic mass is 32.2. The molecule has 1 heterocycles. The van der Waals surface area contributed by atoms with Crippen molar-refractivity contribution in [3.8, 4) is 0 Å². The summed E-state index contributed by atoms with van der Waals surface area (Å²) in [6.07, 6.45) is 0.712. The topological polar surface area (TPSA) is 76.0 Å². The Morgan fingerprint density at radius 1 is 0.962 bits per heavy atom. The van der Waals surface area contributed by atoms with E-state index in [0.29, 0.717) is 22.8 Å². The highest BCUT2D eigenvalue weighted by molar-refractivity contribution is 7.91. The number of benzene rings is 3. The van der Waals surface area contributed by atoms with Gasteiger partial charge in [-0.15, -0.1) is 0 Å². The molecule has 1 aromatic heterocycles. The number of hydrogen-bond acceptors (Lipinski definition) is 3. The molecule has 4 aromatic rings. The highest BCUT2D eigenvalue weighted by Crippen LogP contribution is 2.31. The number of aromatic nitrogens is 1. The quantitative estimate of drug-likeness (QED) is 0.575. The molecule has 0 aliphatic heterocycles. The summed E-state index contributed by atoms with van der Waals surface area (Å²) in [6.45, 7) is 2.51. The van der Waals surface area contributed by atoms with Crippen molar-refractivity contribution in [3.63, 3.8) is 0 Å². The molecule has 132 valence electrons. The number of aromatic amines is 1. The van der Waals surface area contributed by atoms with Gasteiger partial charge in [0.05, 0.1) is 9.79 Å². The summed E-state index contributed by atoms with van der Waals surface area (Å²) >= 11 is 0. The van der Waals surface area contributed by atoms with Gasteiger partial charge in [0, 0.05) is 22.0 Å². The molecule has 0 fully saturated rings. The van der Waals surface area contributed by atoms with Crippen LogP contribution in [0.1, 0.15) is 11.3 Å². The van der Waals surface area contributed by atoms with Gasteiger partial charge in [0.1, 0.15) is 0 Å². The molecule has 4 nitrogen and oxygen atoms in total. The minimum Gasteiger partial charge on any atom is -0.358 e. The highest BCUT2D eigenvalue weighted by Gasteiger charge is 2.21.